The number of carbonyl (C=O) groups excluding carboxylic acids is 1. The van der Waals surface area contributed by atoms with Crippen molar-refractivity contribution in [3.63, 3.8) is 0 Å². The number of carbonyl (C=O) groups is 1. The molecule has 1 saturated heterocycles. The predicted molar refractivity (Wildman–Crippen MR) is 112 cm³/mol. The van der Waals surface area contributed by atoms with Crippen molar-refractivity contribution in [2.75, 3.05) is 24.7 Å². The highest BCUT2D eigenvalue weighted by atomic mass is 32.1. The summed E-state index contributed by atoms with van der Waals surface area (Å²) < 4.78 is 25.5. The van der Waals surface area contributed by atoms with Crippen molar-refractivity contribution in [3.8, 4) is 5.75 Å². The Morgan fingerprint density at radius 1 is 1.31 bits per heavy atom. The van der Waals surface area contributed by atoms with E-state index >= 15 is 0 Å². The third-order valence-electron chi connectivity index (χ3n) is 4.99. The van der Waals surface area contributed by atoms with Crippen LogP contribution in [0, 0.1) is 5.82 Å². The number of fused-ring (bicyclic) bond motifs is 1. The molecule has 1 aliphatic rings. The first-order chi connectivity index (χ1) is 14.1. The molecule has 2 aromatic carbocycles. The van der Waals surface area contributed by atoms with Gasteiger partial charge in [0.15, 0.2) is 11.7 Å². The highest BCUT2D eigenvalue weighted by Crippen LogP contribution is 2.32. The van der Waals surface area contributed by atoms with Crippen LogP contribution >= 0.6 is 11.3 Å². The van der Waals surface area contributed by atoms with E-state index in [1.165, 1.54) is 35.6 Å². The summed E-state index contributed by atoms with van der Waals surface area (Å²) in [5.41, 5.74) is 2.11. The normalized spacial score (nSPS) is 16.3. The molecule has 4 rings (SSSR count). The van der Waals surface area contributed by atoms with E-state index in [4.69, 9.17) is 14.5 Å². The Bertz CT molecular complexity index is 983. The Labute approximate surface area is 173 Å². The summed E-state index contributed by atoms with van der Waals surface area (Å²) in [5.74, 6) is -0.0822. The fraction of sp³-hybridized carbons (Fsp3) is 0.364. The molecule has 0 saturated carbocycles. The number of aryl methyl sites for hydroxylation is 1. The van der Waals surface area contributed by atoms with Crippen LogP contribution in [0.5, 0.6) is 5.75 Å². The lowest BCUT2D eigenvalue weighted by Crippen LogP contribution is -2.40. The van der Waals surface area contributed by atoms with Gasteiger partial charge in [0, 0.05) is 6.61 Å². The van der Waals surface area contributed by atoms with Gasteiger partial charge in [-0.1, -0.05) is 30.4 Å². The van der Waals surface area contributed by atoms with E-state index < -0.39 is 0 Å². The maximum absolute atomic E-state index is 13.1. The van der Waals surface area contributed by atoms with Crippen molar-refractivity contribution in [2.24, 2.45) is 0 Å². The van der Waals surface area contributed by atoms with Crippen molar-refractivity contribution in [1.29, 1.82) is 0 Å². The fourth-order valence-electron chi connectivity index (χ4n) is 3.43. The summed E-state index contributed by atoms with van der Waals surface area (Å²) in [6, 6.07) is 11.8. The van der Waals surface area contributed by atoms with Crippen LogP contribution in [0.1, 0.15) is 25.3 Å². The molecule has 29 heavy (non-hydrogen) atoms. The van der Waals surface area contributed by atoms with Crippen LogP contribution in [0.25, 0.3) is 10.2 Å². The number of thiazole rings is 1. The molecule has 152 valence electrons. The number of halogens is 1. The second-order valence-electron chi connectivity index (χ2n) is 7.00. The minimum absolute atomic E-state index is 0.00225. The van der Waals surface area contributed by atoms with E-state index in [2.05, 4.69) is 13.0 Å². The van der Waals surface area contributed by atoms with Gasteiger partial charge in [0.2, 0.25) is 0 Å². The monoisotopic (exact) mass is 414 g/mol. The van der Waals surface area contributed by atoms with E-state index in [-0.39, 0.29) is 24.4 Å². The molecular weight excluding hydrogens is 391 g/mol. The Hall–Kier alpha value is -2.51. The molecule has 7 heteroatoms. The van der Waals surface area contributed by atoms with Gasteiger partial charge < -0.3 is 9.47 Å². The summed E-state index contributed by atoms with van der Waals surface area (Å²) in [4.78, 5) is 19.5. The zero-order chi connectivity index (χ0) is 20.2. The van der Waals surface area contributed by atoms with Gasteiger partial charge >= 0.3 is 0 Å². The van der Waals surface area contributed by atoms with E-state index in [1.807, 2.05) is 12.1 Å². The zero-order valence-electron chi connectivity index (χ0n) is 16.3. The topological polar surface area (TPSA) is 51.7 Å². The summed E-state index contributed by atoms with van der Waals surface area (Å²) in [6.45, 7) is 3.13. The number of nitrogens with zero attached hydrogens (tertiary/aromatic N) is 2. The van der Waals surface area contributed by atoms with Gasteiger partial charge in [-0.05, 0) is 55.2 Å². The highest BCUT2D eigenvalue weighted by molar-refractivity contribution is 7.22. The standard InChI is InChI=1S/C22H23FN2O3S/c1-2-15-5-3-7-19-21(15)24-22(29-19)25(13-18-6-4-12-27-18)20(26)14-28-17-10-8-16(23)9-11-17/h3,5,7-11,18H,2,4,6,12-14H2,1H3/t18-/m1/s1. The molecule has 1 fully saturated rings. The van der Waals surface area contributed by atoms with Crippen LogP contribution < -0.4 is 9.64 Å². The Morgan fingerprint density at radius 2 is 2.14 bits per heavy atom. The number of aromatic nitrogens is 1. The predicted octanol–water partition coefficient (Wildman–Crippen LogP) is 4.59. The average Bonchev–Trinajstić information content (AvgIpc) is 3.40. The van der Waals surface area contributed by atoms with Crippen LogP contribution in [-0.2, 0) is 16.0 Å². The number of anilines is 1. The molecule has 1 amide bonds. The van der Waals surface area contributed by atoms with Gasteiger partial charge in [-0.3, -0.25) is 9.69 Å². The Balaban J connectivity index is 1.57. The number of amides is 1. The number of para-hydroxylation sites is 1. The summed E-state index contributed by atoms with van der Waals surface area (Å²) in [6.07, 6.45) is 2.81. The molecule has 2 heterocycles. The van der Waals surface area contributed by atoms with Crippen LogP contribution in [0.4, 0.5) is 9.52 Å². The number of hydrogen-bond donors (Lipinski definition) is 0. The Morgan fingerprint density at radius 3 is 2.86 bits per heavy atom. The van der Waals surface area contributed by atoms with Gasteiger partial charge in [0.25, 0.3) is 5.91 Å². The summed E-state index contributed by atoms with van der Waals surface area (Å²) in [7, 11) is 0. The first-order valence-electron chi connectivity index (χ1n) is 9.83. The van der Waals surface area contributed by atoms with Crippen molar-refractivity contribution in [2.45, 2.75) is 32.3 Å². The van der Waals surface area contributed by atoms with Gasteiger partial charge in [-0.2, -0.15) is 0 Å². The lowest BCUT2D eigenvalue weighted by molar-refractivity contribution is -0.120. The van der Waals surface area contributed by atoms with Gasteiger partial charge in [0.1, 0.15) is 11.6 Å². The van der Waals surface area contributed by atoms with Crippen LogP contribution in [-0.4, -0.2) is 36.8 Å². The third kappa shape index (κ3) is 4.57. The van der Waals surface area contributed by atoms with E-state index in [9.17, 15) is 9.18 Å². The second-order valence-corrected chi connectivity index (χ2v) is 8.00. The minimum atomic E-state index is -0.343. The lowest BCUT2D eigenvalue weighted by atomic mass is 10.1. The third-order valence-corrected chi connectivity index (χ3v) is 6.03. The highest BCUT2D eigenvalue weighted by Gasteiger charge is 2.26. The molecule has 0 spiro atoms. The van der Waals surface area contributed by atoms with Crippen molar-refractivity contribution >= 4 is 32.6 Å². The van der Waals surface area contributed by atoms with Crippen LogP contribution in [0.15, 0.2) is 42.5 Å². The number of rotatable bonds is 7. The second kappa shape index (κ2) is 8.88. The fourth-order valence-corrected chi connectivity index (χ4v) is 4.47. The maximum atomic E-state index is 13.1. The summed E-state index contributed by atoms with van der Waals surface area (Å²) in [5, 5.41) is 0.657. The van der Waals surface area contributed by atoms with E-state index in [1.54, 1.807) is 4.90 Å². The molecule has 3 aromatic rings. The molecule has 1 aromatic heterocycles. The van der Waals surface area contributed by atoms with E-state index in [0.717, 1.165) is 41.6 Å². The Kier molecular flexibility index (Phi) is 6.06. The molecule has 0 unspecified atom stereocenters. The van der Waals surface area contributed by atoms with Gasteiger partial charge in [-0.15, -0.1) is 0 Å². The number of hydrogen-bond acceptors (Lipinski definition) is 5. The molecule has 1 aliphatic heterocycles. The SMILES string of the molecule is CCc1cccc2sc(N(C[C@H]3CCCO3)C(=O)COc3ccc(F)cc3)nc12. The number of ether oxygens (including phenoxy) is 2. The minimum Gasteiger partial charge on any atom is -0.484 e. The van der Waals surface area contributed by atoms with Crippen molar-refractivity contribution < 1.29 is 18.7 Å². The zero-order valence-corrected chi connectivity index (χ0v) is 17.1. The maximum Gasteiger partial charge on any atom is 0.266 e. The number of benzene rings is 2. The lowest BCUT2D eigenvalue weighted by Gasteiger charge is -2.23. The van der Waals surface area contributed by atoms with Crippen molar-refractivity contribution in [3.05, 3.63) is 53.8 Å². The smallest absolute Gasteiger partial charge is 0.266 e. The molecular formula is C22H23FN2O3S. The average molecular weight is 415 g/mol. The molecule has 5 nitrogen and oxygen atoms in total. The van der Waals surface area contributed by atoms with Crippen molar-refractivity contribution in [1.82, 2.24) is 4.98 Å². The first kappa shape index (κ1) is 19.8. The van der Waals surface area contributed by atoms with E-state index in [0.29, 0.717) is 17.4 Å². The summed E-state index contributed by atoms with van der Waals surface area (Å²) >= 11 is 1.50. The van der Waals surface area contributed by atoms with Gasteiger partial charge in [-0.25, -0.2) is 9.37 Å². The molecule has 1 atom stereocenters. The van der Waals surface area contributed by atoms with Gasteiger partial charge in [0.05, 0.1) is 22.9 Å². The molecule has 0 radical (unpaired) electrons. The largest absolute Gasteiger partial charge is 0.484 e. The molecule has 0 bridgehead atoms. The first-order valence-corrected chi connectivity index (χ1v) is 10.6. The van der Waals surface area contributed by atoms with Crippen LogP contribution in [0.3, 0.4) is 0 Å². The molecule has 0 aliphatic carbocycles. The quantitative estimate of drug-likeness (QED) is 0.568. The van der Waals surface area contributed by atoms with Crippen LogP contribution in [0.2, 0.25) is 0 Å². The molecule has 0 N–H and O–H groups in total.